The first-order valence-electron chi connectivity index (χ1n) is 10.2. The normalized spacial score (nSPS) is 14.4. The molecule has 0 saturated carbocycles. The van der Waals surface area contributed by atoms with Crippen molar-refractivity contribution in [2.75, 3.05) is 7.11 Å². The number of ether oxygens (including phenoxy) is 2. The number of benzene rings is 3. The minimum absolute atomic E-state index is 0.220. The SMILES string of the molecule is COc1cc(/C=C2\SC(=O)N(Cc3ccccc3)C2=O)ccc1OCc1ccccc1C#N. The smallest absolute Gasteiger partial charge is 0.293 e. The summed E-state index contributed by atoms with van der Waals surface area (Å²) >= 11 is 0.921. The molecule has 3 aromatic carbocycles. The van der Waals surface area contributed by atoms with Gasteiger partial charge in [0.25, 0.3) is 11.1 Å². The van der Waals surface area contributed by atoms with Gasteiger partial charge in [-0.15, -0.1) is 0 Å². The van der Waals surface area contributed by atoms with E-state index in [-0.39, 0.29) is 24.3 Å². The number of hydrogen-bond donors (Lipinski definition) is 0. The van der Waals surface area contributed by atoms with Crippen LogP contribution in [0.3, 0.4) is 0 Å². The number of amides is 2. The highest BCUT2D eigenvalue weighted by Crippen LogP contribution is 2.35. The second kappa shape index (κ2) is 10.1. The molecule has 4 rings (SSSR count). The zero-order valence-corrected chi connectivity index (χ0v) is 18.7. The predicted octanol–water partition coefficient (Wildman–Crippen LogP) is 5.38. The number of nitrogens with zero attached hydrogens (tertiary/aromatic N) is 2. The van der Waals surface area contributed by atoms with Crippen LogP contribution in [-0.4, -0.2) is 23.2 Å². The Bertz CT molecular complexity index is 1260. The van der Waals surface area contributed by atoms with Gasteiger partial charge < -0.3 is 9.47 Å². The van der Waals surface area contributed by atoms with Crippen LogP contribution < -0.4 is 9.47 Å². The molecule has 1 aliphatic rings. The molecule has 1 heterocycles. The lowest BCUT2D eigenvalue weighted by atomic mass is 10.1. The summed E-state index contributed by atoms with van der Waals surface area (Å²) in [6.45, 7) is 0.459. The number of imide groups is 1. The van der Waals surface area contributed by atoms with E-state index < -0.39 is 0 Å². The average molecular weight is 457 g/mol. The zero-order valence-electron chi connectivity index (χ0n) is 17.9. The molecule has 6 nitrogen and oxygen atoms in total. The quantitative estimate of drug-likeness (QED) is 0.444. The topological polar surface area (TPSA) is 79.6 Å². The first kappa shape index (κ1) is 22.2. The summed E-state index contributed by atoms with van der Waals surface area (Å²) in [7, 11) is 1.53. The maximum atomic E-state index is 12.8. The average Bonchev–Trinajstić information content (AvgIpc) is 3.11. The van der Waals surface area contributed by atoms with Crippen LogP contribution in [0.4, 0.5) is 4.79 Å². The minimum atomic E-state index is -0.318. The number of hydrogen-bond acceptors (Lipinski definition) is 6. The van der Waals surface area contributed by atoms with Gasteiger partial charge in [0.05, 0.1) is 30.2 Å². The van der Waals surface area contributed by atoms with E-state index in [1.165, 1.54) is 12.0 Å². The monoisotopic (exact) mass is 456 g/mol. The number of thioether (sulfide) groups is 1. The van der Waals surface area contributed by atoms with E-state index in [1.54, 1.807) is 36.4 Å². The molecular weight excluding hydrogens is 436 g/mol. The summed E-state index contributed by atoms with van der Waals surface area (Å²) in [5, 5.41) is 8.94. The Morgan fingerprint density at radius 1 is 1.00 bits per heavy atom. The van der Waals surface area contributed by atoms with Crippen molar-refractivity contribution in [3.63, 3.8) is 0 Å². The Kier molecular flexibility index (Phi) is 6.77. The molecule has 7 heteroatoms. The Balaban J connectivity index is 1.50. The summed E-state index contributed by atoms with van der Waals surface area (Å²) in [5.41, 5.74) is 2.93. The molecule has 0 aromatic heterocycles. The largest absolute Gasteiger partial charge is 0.493 e. The molecule has 0 N–H and O–H groups in total. The number of rotatable bonds is 7. The predicted molar refractivity (Wildman–Crippen MR) is 126 cm³/mol. The summed E-state index contributed by atoms with van der Waals surface area (Å²) < 4.78 is 11.3. The van der Waals surface area contributed by atoms with Crippen molar-refractivity contribution in [3.05, 3.63) is 100.0 Å². The minimum Gasteiger partial charge on any atom is -0.493 e. The summed E-state index contributed by atoms with van der Waals surface area (Å²) in [4.78, 5) is 26.8. The molecule has 1 aliphatic heterocycles. The Labute approximate surface area is 196 Å². The fourth-order valence-electron chi connectivity index (χ4n) is 3.36. The van der Waals surface area contributed by atoms with Crippen LogP contribution in [0.1, 0.15) is 22.3 Å². The highest BCUT2D eigenvalue weighted by Gasteiger charge is 2.35. The van der Waals surface area contributed by atoms with Crippen molar-refractivity contribution >= 4 is 29.0 Å². The maximum Gasteiger partial charge on any atom is 0.293 e. The van der Waals surface area contributed by atoms with E-state index in [0.29, 0.717) is 27.5 Å². The lowest BCUT2D eigenvalue weighted by molar-refractivity contribution is -0.123. The van der Waals surface area contributed by atoms with Gasteiger partial charge in [0.2, 0.25) is 0 Å². The lowest BCUT2D eigenvalue weighted by Gasteiger charge is -2.13. The second-order valence-electron chi connectivity index (χ2n) is 7.22. The number of methoxy groups -OCH3 is 1. The van der Waals surface area contributed by atoms with Crippen LogP contribution in [0.2, 0.25) is 0 Å². The van der Waals surface area contributed by atoms with Gasteiger partial charge in [0.1, 0.15) is 6.61 Å². The van der Waals surface area contributed by atoms with Crippen molar-refractivity contribution in [1.29, 1.82) is 5.26 Å². The van der Waals surface area contributed by atoms with E-state index in [9.17, 15) is 14.9 Å². The molecule has 0 bridgehead atoms. The first-order chi connectivity index (χ1) is 16.1. The van der Waals surface area contributed by atoms with Gasteiger partial charge >= 0.3 is 0 Å². The van der Waals surface area contributed by atoms with E-state index in [0.717, 1.165) is 22.9 Å². The standard InChI is InChI=1S/C26H20N2O4S/c1-31-23-13-19(11-12-22(23)32-17-21-10-6-5-9-20(21)15-27)14-24-25(29)28(26(30)33-24)16-18-7-3-2-4-8-18/h2-14H,16-17H2,1H3/b24-14-. The number of carbonyl (C=O) groups is 2. The van der Waals surface area contributed by atoms with Crippen LogP contribution in [0, 0.1) is 11.3 Å². The lowest BCUT2D eigenvalue weighted by Crippen LogP contribution is -2.27. The van der Waals surface area contributed by atoms with Crippen molar-refractivity contribution in [3.8, 4) is 17.6 Å². The summed E-state index contributed by atoms with van der Waals surface area (Å²) in [6, 6.07) is 24.1. The third-order valence-electron chi connectivity index (χ3n) is 5.06. The van der Waals surface area contributed by atoms with Crippen LogP contribution in [0.25, 0.3) is 6.08 Å². The van der Waals surface area contributed by atoms with E-state index in [4.69, 9.17) is 9.47 Å². The van der Waals surface area contributed by atoms with Crippen molar-refractivity contribution < 1.29 is 19.1 Å². The number of nitriles is 1. The van der Waals surface area contributed by atoms with Gasteiger partial charge in [-0.3, -0.25) is 14.5 Å². The molecule has 0 unspecified atom stereocenters. The molecule has 0 spiro atoms. The number of carbonyl (C=O) groups excluding carboxylic acids is 2. The molecule has 2 amide bonds. The van der Waals surface area contributed by atoms with Gasteiger partial charge in [-0.25, -0.2) is 0 Å². The Morgan fingerprint density at radius 2 is 1.76 bits per heavy atom. The second-order valence-corrected chi connectivity index (χ2v) is 8.21. The van der Waals surface area contributed by atoms with E-state index in [1.807, 2.05) is 42.5 Å². The highest BCUT2D eigenvalue weighted by atomic mass is 32.2. The fraction of sp³-hybridized carbons (Fsp3) is 0.115. The molecule has 0 atom stereocenters. The molecule has 0 radical (unpaired) electrons. The molecule has 1 saturated heterocycles. The van der Waals surface area contributed by atoms with Gasteiger partial charge in [0.15, 0.2) is 11.5 Å². The first-order valence-corrected chi connectivity index (χ1v) is 11.0. The molecule has 33 heavy (non-hydrogen) atoms. The third kappa shape index (κ3) is 5.08. The van der Waals surface area contributed by atoms with Crippen LogP contribution in [0.5, 0.6) is 11.5 Å². The third-order valence-corrected chi connectivity index (χ3v) is 5.97. The molecular formula is C26H20N2O4S. The van der Waals surface area contributed by atoms with Crippen LogP contribution >= 0.6 is 11.8 Å². The van der Waals surface area contributed by atoms with Crippen molar-refractivity contribution in [2.24, 2.45) is 0 Å². The fourth-order valence-corrected chi connectivity index (χ4v) is 4.20. The maximum absolute atomic E-state index is 12.8. The molecule has 1 fully saturated rings. The van der Waals surface area contributed by atoms with Gasteiger partial charge in [-0.2, -0.15) is 5.26 Å². The molecule has 3 aromatic rings. The molecule has 0 aliphatic carbocycles. The van der Waals surface area contributed by atoms with Crippen LogP contribution in [-0.2, 0) is 17.9 Å². The zero-order chi connectivity index (χ0) is 23.2. The summed E-state index contributed by atoms with van der Waals surface area (Å²) in [6.07, 6.45) is 1.67. The van der Waals surface area contributed by atoms with Crippen molar-refractivity contribution in [2.45, 2.75) is 13.2 Å². The Hall–Kier alpha value is -4.02. The van der Waals surface area contributed by atoms with Gasteiger partial charge in [0, 0.05) is 5.56 Å². The Morgan fingerprint density at radius 3 is 2.52 bits per heavy atom. The van der Waals surface area contributed by atoms with E-state index >= 15 is 0 Å². The van der Waals surface area contributed by atoms with Gasteiger partial charge in [-0.1, -0.05) is 54.6 Å². The molecule has 164 valence electrons. The van der Waals surface area contributed by atoms with E-state index in [2.05, 4.69) is 6.07 Å². The van der Waals surface area contributed by atoms with Crippen molar-refractivity contribution in [1.82, 2.24) is 4.90 Å². The van der Waals surface area contributed by atoms with Gasteiger partial charge in [-0.05, 0) is 47.2 Å². The highest BCUT2D eigenvalue weighted by molar-refractivity contribution is 8.18. The summed E-state index contributed by atoms with van der Waals surface area (Å²) in [5.74, 6) is 0.683. The van der Waals surface area contributed by atoms with Crippen LogP contribution in [0.15, 0.2) is 77.7 Å².